The van der Waals surface area contributed by atoms with Crippen LogP contribution in [-0.2, 0) is 30.4 Å². The molecule has 1 saturated heterocycles. The molecule has 1 aliphatic rings. The molecule has 0 spiro atoms. The molecular formula is C23H27ClF3N3O2S. The van der Waals surface area contributed by atoms with E-state index in [0.29, 0.717) is 46.8 Å². The molecule has 10 heteroatoms. The van der Waals surface area contributed by atoms with Crippen molar-refractivity contribution in [3.05, 3.63) is 63.7 Å². The molecule has 0 aliphatic carbocycles. The lowest BCUT2D eigenvalue weighted by molar-refractivity contribution is -0.138. The largest absolute Gasteiger partial charge is 0.611 e. The second-order valence-electron chi connectivity index (χ2n) is 8.06. The van der Waals surface area contributed by atoms with Crippen LogP contribution in [0, 0.1) is 5.92 Å². The van der Waals surface area contributed by atoms with Crippen molar-refractivity contribution in [2.24, 2.45) is 11.7 Å². The third-order valence-corrected chi connectivity index (χ3v) is 7.39. The van der Waals surface area contributed by atoms with Gasteiger partial charge in [0, 0.05) is 35.8 Å². The van der Waals surface area contributed by atoms with E-state index in [9.17, 15) is 22.5 Å². The summed E-state index contributed by atoms with van der Waals surface area (Å²) in [4.78, 5) is 15.2. The summed E-state index contributed by atoms with van der Waals surface area (Å²) in [7, 11) is 0. The SMILES string of the molecule is CC[S+]([O-])c1ccc(Cl)cc1CNC(=O)c1ccc(CN2CCC(CN)C2)c(C(F)(F)F)c1. The van der Waals surface area contributed by atoms with Gasteiger partial charge in [0.15, 0.2) is 4.90 Å². The zero-order valence-corrected chi connectivity index (χ0v) is 19.8. The smallest absolute Gasteiger partial charge is 0.416 e. The Balaban J connectivity index is 1.77. The van der Waals surface area contributed by atoms with Crippen LogP contribution < -0.4 is 11.1 Å². The molecule has 0 aromatic heterocycles. The molecule has 0 radical (unpaired) electrons. The summed E-state index contributed by atoms with van der Waals surface area (Å²) in [6.07, 6.45) is -3.72. The van der Waals surface area contributed by atoms with Crippen LogP contribution in [0.25, 0.3) is 0 Å². The molecule has 1 aliphatic heterocycles. The molecule has 2 unspecified atom stereocenters. The molecule has 5 nitrogen and oxygen atoms in total. The van der Waals surface area contributed by atoms with Crippen molar-refractivity contribution in [3.8, 4) is 0 Å². The van der Waals surface area contributed by atoms with Gasteiger partial charge in [0.05, 0.1) is 5.56 Å². The lowest BCUT2D eigenvalue weighted by atomic mass is 10.0. The van der Waals surface area contributed by atoms with Crippen molar-refractivity contribution in [2.75, 3.05) is 25.4 Å². The second kappa shape index (κ2) is 11.1. The van der Waals surface area contributed by atoms with Crippen molar-refractivity contribution >= 4 is 28.7 Å². The molecule has 3 rings (SSSR count). The van der Waals surface area contributed by atoms with Crippen LogP contribution in [0.1, 0.15) is 40.4 Å². The predicted octanol–water partition coefficient (Wildman–Crippen LogP) is 4.20. The van der Waals surface area contributed by atoms with Gasteiger partial charge in [-0.15, -0.1) is 0 Å². The van der Waals surface area contributed by atoms with Gasteiger partial charge in [-0.2, -0.15) is 13.2 Å². The highest BCUT2D eigenvalue weighted by atomic mass is 35.5. The van der Waals surface area contributed by atoms with E-state index in [4.69, 9.17) is 17.3 Å². The number of alkyl halides is 3. The molecular weight excluding hydrogens is 475 g/mol. The van der Waals surface area contributed by atoms with Crippen molar-refractivity contribution in [1.82, 2.24) is 10.2 Å². The van der Waals surface area contributed by atoms with Crippen LogP contribution >= 0.6 is 11.6 Å². The number of carbonyl (C=O) groups is 1. The van der Waals surface area contributed by atoms with E-state index in [1.54, 1.807) is 25.1 Å². The van der Waals surface area contributed by atoms with Gasteiger partial charge in [-0.1, -0.05) is 17.7 Å². The lowest BCUT2D eigenvalue weighted by Gasteiger charge is -2.20. The number of amides is 1. The summed E-state index contributed by atoms with van der Waals surface area (Å²) >= 11 is 4.76. The normalized spacial score (nSPS) is 17.8. The number of halogens is 4. The summed E-state index contributed by atoms with van der Waals surface area (Å²) in [5, 5.41) is 3.04. The van der Waals surface area contributed by atoms with E-state index in [2.05, 4.69) is 5.32 Å². The summed E-state index contributed by atoms with van der Waals surface area (Å²) in [6, 6.07) is 8.50. The van der Waals surface area contributed by atoms with Gasteiger partial charge >= 0.3 is 6.18 Å². The van der Waals surface area contributed by atoms with Crippen LogP contribution in [0.3, 0.4) is 0 Å². The summed E-state index contributed by atoms with van der Waals surface area (Å²) < 4.78 is 53.6. The zero-order chi connectivity index (χ0) is 24.2. The van der Waals surface area contributed by atoms with E-state index in [0.717, 1.165) is 12.5 Å². The fourth-order valence-corrected chi connectivity index (χ4v) is 5.10. The molecule has 1 fully saturated rings. The van der Waals surface area contributed by atoms with Gasteiger partial charge in [-0.25, -0.2) is 0 Å². The number of benzene rings is 2. The average Bonchev–Trinajstić information content (AvgIpc) is 3.24. The Kier molecular flexibility index (Phi) is 8.69. The fraction of sp³-hybridized carbons (Fsp3) is 0.435. The van der Waals surface area contributed by atoms with Crippen LogP contribution in [0.5, 0.6) is 0 Å². The van der Waals surface area contributed by atoms with Gasteiger partial charge in [0.25, 0.3) is 5.91 Å². The molecule has 1 amide bonds. The van der Waals surface area contributed by atoms with Crippen molar-refractivity contribution < 1.29 is 22.5 Å². The average molecular weight is 502 g/mol. The van der Waals surface area contributed by atoms with Crippen LogP contribution in [-0.4, -0.2) is 40.7 Å². The number of hydrogen-bond acceptors (Lipinski definition) is 4. The highest BCUT2D eigenvalue weighted by Crippen LogP contribution is 2.34. The fourth-order valence-electron chi connectivity index (χ4n) is 3.95. The molecule has 2 aromatic rings. The molecule has 1 heterocycles. The van der Waals surface area contributed by atoms with E-state index in [-0.39, 0.29) is 24.2 Å². The third-order valence-electron chi connectivity index (χ3n) is 5.74. The lowest BCUT2D eigenvalue weighted by Crippen LogP contribution is -2.26. The quantitative estimate of drug-likeness (QED) is 0.531. The summed E-state index contributed by atoms with van der Waals surface area (Å²) in [5.74, 6) is 0.0367. The van der Waals surface area contributed by atoms with Gasteiger partial charge in [0.2, 0.25) is 0 Å². The van der Waals surface area contributed by atoms with Crippen molar-refractivity contribution in [1.29, 1.82) is 0 Å². The minimum Gasteiger partial charge on any atom is -0.611 e. The van der Waals surface area contributed by atoms with E-state index in [1.807, 2.05) is 4.90 Å². The maximum absolute atomic E-state index is 13.8. The third kappa shape index (κ3) is 6.64. The number of nitrogens with zero attached hydrogens (tertiary/aromatic N) is 1. The second-order valence-corrected chi connectivity index (χ2v) is 10.2. The molecule has 0 saturated carbocycles. The Morgan fingerprint density at radius 2 is 2.03 bits per heavy atom. The number of hydrogen-bond donors (Lipinski definition) is 2. The first kappa shape index (κ1) is 25.8. The highest BCUT2D eigenvalue weighted by molar-refractivity contribution is 7.91. The summed E-state index contributed by atoms with van der Waals surface area (Å²) in [5.41, 5.74) is 5.46. The van der Waals surface area contributed by atoms with E-state index < -0.39 is 28.8 Å². The predicted molar refractivity (Wildman–Crippen MR) is 123 cm³/mol. The molecule has 3 N–H and O–H groups in total. The van der Waals surface area contributed by atoms with Gasteiger partial charge in [0.1, 0.15) is 5.75 Å². The monoisotopic (exact) mass is 501 g/mol. The Bertz CT molecular complexity index is 990. The molecule has 180 valence electrons. The van der Waals surface area contributed by atoms with E-state index in [1.165, 1.54) is 12.1 Å². The number of carbonyl (C=O) groups excluding carboxylic acids is 1. The highest BCUT2D eigenvalue weighted by Gasteiger charge is 2.35. The number of nitrogens with one attached hydrogen (secondary N) is 1. The standard InChI is InChI=1S/C23H27ClF3N3O2S/c1-2-33(32)21-6-5-19(24)9-18(21)12-29-22(31)16-3-4-17(20(10-16)23(25,26)27)14-30-8-7-15(11-28)13-30/h3-6,9-10,15H,2,7-8,11-14,28H2,1H3,(H,29,31). The minimum atomic E-state index is -4.59. The number of rotatable bonds is 8. The summed E-state index contributed by atoms with van der Waals surface area (Å²) in [6.45, 7) is 3.80. The number of nitrogens with two attached hydrogens (primary N) is 1. The Morgan fingerprint density at radius 1 is 1.27 bits per heavy atom. The molecule has 33 heavy (non-hydrogen) atoms. The van der Waals surface area contributed by atoms with Gasteiger partial charge in [-0.3, -0.25) is 9.69 Å². The topological polar surface area (TPSA) is 81.4 Å². The van der Waals surface area contributed by atoms with Crippen LogP contribution in [0.4, 0.5) is 13.2 Å². The molecule has 2 aromatic carbocycles. The molecule has 2 atom stereocenters. The number of likely N-dealkylation sites (tertiary alicyclic amines) is 1. The maximum Gasteiger partial charge on any atom is 0.416 e. The van der Waals surface area contributed by atoms with Gasteiger partial charge < -0.3 is 15.6 Å². The first-order chi connectivity index (χ1) is 15.6. The first-order valence-electron chi connectivity index (χ1n) is 10.7. The Hall–Kier alpha value is -1.78. The van der Waals surface area contributed by atoms with Gasteiger partial charge in [-0.05, 0) is 79.4 Å². The van der Waals surface area contributed by atoms with Crippen LogP contribution in [0.2, 0.25) is 5.02 Å². The maximum atomic E-state index is 13.8. The van der Waals surface area contributed by atoms with Crippen molar-refractivity contribution in [2.45, 2.75) is 37.5 Å². The minimum absolute atomic E-state index is 0.00216. The Morgan fingerprint density at radius 3 is 2.67 bits per heavy atom. The molecule has 0 bridgehead atoms. The van der Waals surface area contributed by atoms with Crippen LogP contribution in [0.15, 0.2) is 41.3 Å². The van der Waals surface area contributed by atoms with E-state index >= 15 is 0 Å². The Labute approximate surface area is 199 Å². The zero-order valence-electron chi connectivity index (χ0n) is 18.3. The first-order valence-corrected chi connectivity index (χ1v) is 12.4. The van der Waals surface area contributed by atoms with Crippen molar-refractivity contribution in [3.63, 3.8) is 0 Å².